The third-order valence-corrected chi connectivity index (χ3v) is 4.64. The van der Waals surface area contributed by atoms with E-state index in [1.54, 1.807) is 24.5 Å². The smallest absolute Gasteiger partial charge is 0.252 e. The molecule has 0 saturated heterocycles. The SMILES string of the molecule is O=C(NC(c1ccccc1)(c1ccccn1)c1ccccn1)c1ccccc1. The predicted octanol–water partition coefficient (Wildman–Crippen LogP) is 4.20. The maximum Gasteiger partial charge on any atom is 0.252 e. The van der Waals surface area contributed by atoms with Gasteiger partial charge in [0, 0.05) is 18.0 Å². The van der Waals surface area contributed by atoms with Gasteiger partial charge < -0.3 is 5.32 Å². The van der Waals surface area contributed by atoms with Crippen molar-refractivity contribution in [2.45, 2.75) is 5.54 Å². The van der Waals surface area contributed by atoms with Crippen molar-refractivity contribution < 1.29 is 4.79 Å². The molecule has 0 unspecified atom stereocenters. The number of hydrogen-bond acceptors (Lipinski definition) is 3. The normalized spacial score (nSPS) is 11.0. The molecule has 2 aromatic carbocycles. The predicted molar refractivity (Wildman–Crippen MR) is 109 cm³/mol. The molecule has 0 fully saturated rings. The van der Waals surface area contributed by atoms with Gasteiger partial charge >= 0.3 is 0 Å². The van der Waals surface area contributed by atoms with Gasteiger partial charge in [-0.2, -0.15) is 0 Å². The molecule has 2 aromatic heterocycles. The van der Waals surface area contributed by atoms with Crippen LogP contribution in [0.4, 0.5) is 0 Å². The molecule has 0 spiro atoms. The zero-order valence-electron chi connectivity index (χ0n) is 15.2. The molecular weight excluding hydrogens is 346 g/mol. The number of amides is 1. The minimum absolute atomic E-state index is 0.194. The highest BCUT2D eigenvalue weighted by Crippen LogP contribution is 2.34. The summed E-state index contributed by atoms with van der Waals surface area (Å²) in [5.41, 5.74) is 1.84. The Morgan fingerprint density at radius 3 is 1.64 bits per heavy atom. The summed E-state index contributed by atoms with van der Waals surface area (Å²) in [5, 5.41) is 3.23. The van der Waals surface area contributed by atoms with Crippen LogP contribution < -0.4 is 5.32 Å². The van der Waals surface area contributed by atoms with E-state index in [-0.39, 0.29) is 5.91 Å². The maximum atomic E-state index is 13.2. The van der Waals surface area contributed by atoms with Crippen molar-refractivity contribution in [3.8, 4) is 0 Å². The first-order valence-corrected chi connectivity index (χ1v) is 9.07. The maximum absolute atomic E-state index is 13.2. The van der Waals surface area contributed by atoms with E-state index in [4.69, 9.17) is 0 Å². The number of rotatable bonds is 5. The van der Waals surface area contributed by atoms with E-state index in [0.717, 1.165) is 5.56 Å². The van der Waals surface area contributed by atoms with Crippen LogP contribution in [-0.2, 0) is 5.54 Å². The highest BCUT2D eigenvalue weighted by atomic mass is 16.1. The lowest BCUT2D eigenvalue weighted by molar-refractivity contribution is 0.0922. The summed E-state index contributed by atoms with van der Waals surface area (Å²) in [5.74, 6) is -0.194. The molecule has 1 N–H and O–H groups in total. The van der Waals surface area contributed by atoms with Gasteiger partial charge in [0.1, 0.15) is 0 Å². The molecule has 0 radical (unpaired) electrons. The lowest BCUT2D eigenvalue weighted by Gasteiger charge is -2.34. The molecule has 0 saturated carbocycles. The monoisotopic (exact) mass is 365 g/mol. The molecule has 4 rings (SSSR count). The summed E-state index contributed by atoms with van der Waals surface area (Å²) in [6, 6.07) is 30.3. The second-order valence-corrected chi connectivity index (χ2v) is 6.37. The van der Waals surface area contributed by atoms with Gasteiger partial charge in [-0.25, -0.2) is 0 Å². The van der Waals surface area contributed by atoms with E-state index in [0.29, 0.717) is 17.0 Å². The van der Waals surface area contributed by atoms with Crippen molar-refractivity contribution in [2.75, 3.05) is 0 Å². The van der Waals surface area contributed by atoms with Gasteiger partial charge in [0.05, 0.1) is 11.4 Å². The Morgan fingerprint density at radius 2 is 1.14 bits per heavy atom. The number of nitrogens with zero attached hydrogens (tertiary/aromatic N) is 2. The average molecular weight is 365 g/mol. The number of benzene rings is 2. The molecule has 0 atom stereocenters. The summed E-state index contributed by atoms with van der Waals surface area (Å²) in [6.07, 6.45) is 3.45. The third-order valence-electron chi connectivity index (χ3n) is 4.64. The molecule has 0 aliphatic heterocycles. The topological polar surface area (TPSA) is 54.9 Å². The molecule has 1 amide bonds. The molecule has 2 heterocycles. The van der Waals surface area contributed by atoms with Crippen LogP contribution in [0.3, 0.4) is 0 Å². The molecule has 0 aliphatic rings. The van der Waals surface area contributed by atoms with Crippen molar-refractivity contribution in [3.63, 3.8) is 0 Å². The lowest BCUT2D eigenvalue weighted by Crippen LogP contribution is -2.49. The van der Waals surface area contributed by atoms with Crippen LogP contribution in [0, 0.1) is 0 Å². The Bertz CT molecular complexity index is 940. The summed E-state index contributed by atoms with van der Waals surface area (Å²) < 4.78 is 0. The summed E-state index contributed by atoms with van der Waals surface area (Å²) in [6.45, 7) is 0. The first-order chi connectivity index (χ1) is 13.8. The second kappa shape index (κ2) is 7.84. The fourth-order valence-electron chi connectivity index (χ4n) is 3.32. The Balaban J connectivity index is 1.95. The highest BCUT2D eigenvalue weighted by molar-refractivity contribution is 5.95. The van der Waals surface area contributed by atoms with Gasteiger partial charge in [-0.1, -0.05) is 60.7 Å². The van der Waals surface area contributed by atoms with Gasteiger partial charge in [0.25, 0.3) is 5.91 Å². The zero-order valence-corrected chi connectivity index (χ0v) is 15.2. The van der Waals surface area contributed by atoms with Crippen molar-refractivity contribution >= 4 is 5.91 Å². The van der Waals surface area contributed by atoms with Gasteiger partial charge in [-0.3, -0.25) is 14.8 Å². The summed E-state index contributed by atoms with van der Waals surface area (Å²) in [4.78, 5) is 22.4. The number of carbonyl (C=O) groups is 1. The van der Waals surface area contributed by atoms with E-state index in [2.05, 4.69) is 15.3 Å². The molecule has 136 valence electrons. The third kappa shape index (κ3) is 3.28. The largest absolute Gasteiger partial charge is 0.332 e. The lowest BCUT2D eigenvalue weighted by atomic mass is 9.82. The van der Waals surface area contributed by atoms with E-state index in [1.807, 2.05) is 84.9 Å². The van der Waals surface area contributed by atoms with E-state index in [1.165, 1.54) is 0 Å². The van der Waals surface area contributed by atoms with Crippen LogP contribution in [0.1, 0.15) is 27.3 Å². The minimum Gasteiger partial charge on any atom is -0.332 e. The van der Waals surface area contributed by atoms with Gasteiger partial charge in [-0.05, 0) is 42.0 Å². The molecule has 4 aromatic rings. The van der Waals surface area contributed by atoms with Crippen LogP contribution in [0.2, 0.25) is 0 Å². The van der Waals surface area contributed by atoms with Crippen molar-refractivity contribution in [3.05, 3.63) is 132 Å². The van der Waals surface area contributed by atoms with Crippen LogP contribution in [0.5, 0.6) is 0 Å². The summed E-state index contributed by atoms with van der Waals surface area (Å²) >= 11 is 0. The van der Waals surface area contributed by atoms with Crippen LogP contribution >= 0.6 is 0 Å². The average Bonchev–Trinajstić information content (AvgIpc) is 2.80. The molecule has 0 aliphatic carbocycles. The van der Waals surface area contributed by atoms with Gasteiger partial charge in [-0.15, -0.1) is 0 Å². The Hall–Kier alpha value is -3.79. The van der Waals surface area contributed by atoms with Gasteiger partial charge in [0.2, 0.25) is 0 Å². The zero-order chi connectivity index (χ0) is 19.2. The van der Waals surface area contributed by atoms with E-state index >= 15 is 0 Å². The Morgan fingerprint density at radius 1 is 0.643 bits per heavy atom. The van der Waals surface area contributed by atoms with Crippen LogP contribution in [0.15, 0.2) is 109 Å². The fourth-order valence-corrected chi connectivity index (χ4v) is 3.32. The molecule has 4 nitrogen and oxygen atoms in total. The number of hydrogen-bond donors (Lipinski definition) is 1. The number of aromatic nitrogens is 2. The molecular formula is C24H19N3O. The minimum atomic E-state index is -1.02. The van der Waals surface area contributed by atoms with Crippen LogP contribution in [0.25, 0.3) is 0 Å². The Labute approximate surface area is 163 Å². The highest BCUT2D eigenvalue weighted by Gasteiger charge is 2.40. The van der Waals surface area contributed by atoms with Crippen molar-refractivity contribution in [1.82, 2.24) is 15.3 Å². The number of nitrogens with one attached hydrogen (secondary N) is 1. The standard InChI is InChI=1S/C24H19N3O/c28-23(19-11-3-1-4-12-19)27-24(20-13-5-2-6-14-20,21-15-7-9-17-25-21)22-16-8-10-18-26-22/h1-18H,(H,27,28). The Kier molecular flexibility index (Phi) is 4.93. The fraction of sp³-hybridized carbons (Fsp3) is 0.0417. The van der Waals surface area contributed by atoms with Crippen molar-refractivity contribution in [2.24, 2.45) is 0 Å². The van der Waals surface area contributed by atoms with Crippen molar-refractivity contribution in [1.29, 1.82) is 0 Å². The van der Waals surface area contributed by atoms with E-state index in [9.17, 15) is 4.79 Å². The quantitative estimate of drug-likeness (QED) is 0.577. The molecule has 4 heteroatoms. The van der Waals surface area contributed by atoms with Gasteiger partial charge in [0.15, 0.2) is 5.54 Å². The molecule has 28 heavy (non-hydrogen) atoms. The summed E-state index contributed by atoms with van der Waals surface area (Å²) in [7, 11) is 0. The number of pyridine rings is 2. The first-order valence-electron chi connectivity index (χ1n) is 9.07. The first kappa shape index (κ1) is 17.6. The number of carbonyl (C=O) groups excluding carboxylic acids is 1. The van der Waals surface area contributed by atoms with Crippen LogP contribution in [-0.4, -0.2) is 15.9 Å². The second-order valence-electron chi connectivity index (χ2n) is 6.37. The molecule has 0 bridgehead atoms. The van der Waals surface area contributed by atoms with E-state index < -0.39 is 5.54 Å².